The Hall–Kier alpha value is -0.850. The Morgan fingerprint density at radius 3 is 3.57 bits per heavy atom. The summed E-state index contributed by atoms with van der Waals surface area (Å²) in [7, 11) is 0. The van der Waals surface area contributed by atoms with Crippen LogP contribution >= 0.6 is 0 Å². The molecule has 7 heavy (non-hydrogen) atoms. The van der Waals surface area contributed by atoms with Crippen molar-refractivity contribution in [3.8, 4) is 0 Å². The molecule has 0 aromatic carbocycles. The first kappa shape index (κ1) is 4.31. The van der Waals surface area contributed by atoms with Crippen LogP contribution in [0.5, 0.6) is 0 Å². The van der Waals surface area contributed by atoms with Gasteiger partial charge in [-0.05, 0) is 0 Å². The summed E-state index contributed by atoms with van der Waals surface area (Å²) >= 11 is 0. The quantitative estimate of drug-likeness (QED) is 0.427. The van der Waals surface area contributed by atoms with Crippen LogP contribution in [0.25, 0.3) is 0 Å². The molecule has 1 aliphatic rings. The van der Waals surface area contributed by atoms with Crippen molar-refractivity contribution in [1.82, 2.24) is 0 Å². The van der Waals surface area contributed by atoms with E-state index in [-0.39, 0.29) is 0 Å². The summed E-state index contributed by atoms with van der Waals surface area (Å²) in [4.78, 5) is 3.85. The van der Waals surface area contributed by atoms with Crippen LogP contribution in [0.15, 0.2) is 23.3 Å². The fourth-order valence-corrected chi connectivity index (χ4v) is 0.397. The SMILES string of the molecule is [C]1=CN=CCC=C1. The minimum absolute atomic E-state index is 0.934. The van der Waals surface area contributed by atoms with E-state index in [2.05, 4.69) is 11.1 Å². The van der Waals surface area contributed by atoms with Crippen LogP contribution in [-0.2, 0) is 0 Å². The molecule has 1 nitrogen and oxygen atoms in total. The van der Waals surface area contributed by atoms with Crippen molar-refractivity contribution < 1.29 is 0 Å². The summed E-state index contributed by atoms with van der Waals surface area (Å²) in [6.45, 7) is 0. The topological polar surface area (TPSA) is 12.4 Å². The monoisotopic (exact) mass is 92.1 g/mol. The van der Waals surface area contributed by atoms with Crippen molar-refractivity contribution in [2.75, 3.05) is 0 Å². The molecule has 0 N–H and O–H groups in total. The van der Waals surface area contributed by atoms with Gasteiger partial charge >= 0.3 is 0 Å². The van der Waals surface area contributed by atoms with Gasteiger partial charge < -0.3 is 0 Å². The lowest BCUT2D eigenvalue weighted by atomic mass is 10.4. The molecular formula is C6H6N. The molecule has 0 saturated heterocycles. The van der Waals surface area contributed by atoms with Crippen LogP contribution in [0.4, 0.5) is 0 Å². The summed E-state index contributed by atoms with van der Waals surface area (Å²) in [5.41, 5.74) is 0. The van der Waals surface area contributed by atoms with Crippen molar-refractivity contribution >= 4 is 6.21 Å². The van der Waals surface area contributed by atoms with Gasteiger partial charge in [0.05, 0.1) is 0 Å². The van der Waals surface area contributed by atoms with E-state index in [0.717, 1.165) is 6.42 Å². The van der Waals surface area contributed by atoms with Crippen LogP contribution < -0.4 is 0 Å². The molecule has 0 aromatic heterocycles. The molecule has 35 valence electrons. The van der Waals surface area contributed by atoms with E-state index >= 15 is 0 Å². The van der Waals surface area contributed by atoms with Gasteiger partial charge in [0.2, 0.25) is 0 Å². The summed E-state index contributed by atoms with van der Waals surface area (Å²) in [6, 6.07) is 0. The third kappa shape index (κ3) is 1.35. The van der Waals surface area contributed by atoms with Gasteiger partial charge in [-0.15, -0.1) is 0 Å². The fourth-order valence-electron chi connectivity index (χ4n) is 0.397. The van der Waals surface area contributed by atoms with Crippen LogP contribution in [0, 0.1) is 6.08 Å². The molecule has 0 atom stereocenters. The molecule has 1 rings (SSSR count). The van der Waals surface area contributed by atoms with Crippen molar-refractivity contribution in [3.63, 3.8) is 0 Å². The lowest BCUT2D eigenvalue weighted by Crippen LogP contribution is -1.61. The van der Waals surface area contributed by atoms with Crippen LogP contribution in [0.2, 0.25) is 0 Å². The number of aliphatic imine (C=N–C) groups is 1. The zero-order chi connectivity index (χ0) is 4.95. The second-order valence-corrected chi connectivity index (χ2v) is 1.27. The first-order chi connectivity index (χ1) is 3.50. The first-order valence-electron chi connectivity index (χ1n) is 2.24. The number of rotatable bonds is 0. The standard InChI is InChI=1S/C6H6N/c1-2-4-6-7-5-3-1/h1-2,5-6H,3H2. The molecule has 0 saturated carbocycles. The van der Waals surface area contributed by atoms with Crippen LogP contribution in [0.1, 0.15) is 6.42 Å². The van der Waals surface area contributed by atoms with Crippen molar-refractivity contribution in [2.45, 2.75) is 6.42 Å². The molecule has 0 fully saturated rings. The van der Waals surface area contributed by atoms with Gasteiger partial charge in [-0.25, -0.2) is 0 Å². The van der Waals surface area contributed by atoms with E-state index in [0.29, 0.717) is 0 Å². The van der Waals surface area contributed by atoms with E-state index in [4.69, 9.17) is 0 Å². The Kier molecular flexibility index (Phi) is 1.44. The summed E-state index contributed by atoms with van der Waals surface area (Å²) in [5.74, 6) is 0. The molecule has 0 bridgehead atoms. The Balaban J connectivity index is 2.60. The van der Waals surface area contributed by atoms with Gasteiger partial charge in [-0.3, -0.25) is 4.99 Å². The molecule has 0 amide bonds. The highest BCUT2D eigenvalue weighted by Crippen LogP contribution is 1.85. The molecule has 0 spiro atoms. The van der Waals surface area contributed by atoms with E-state index in [9.17, 15) is 0 Å². The Morgan fingerprint density at radius 1 is 1.57 bits per heavy atom. The third-order valence-corrected chi connectivity index (χ3v) is 0.710. The number of hydrogen-bond donors (Lipinski definition) is 0. The molecule has 1 heterocycles. The number of allylic oxidation sites excluding steroid dienone is 3. The Bertz CT molecular complexity index is 106. The normalized spacial score (nSPS) is 17.1. The predicted octanol–water partition coefficient (Wildman–Crippen LogP) is 1.33. The second-order valence-electron chi connectivity index (χ2n) is 1.27. The van der Waals surface area contributed by atoms with E-state index in [1.807, 2.05) is 18.4 Å². The van der Waals surface area contributed by atoms with Crippen molar-refractivity contribution in [3.05, 3.63) is 24.4 Å². The molecule has 0 aliphatic carbocycles. The maximum atomic E-state index is 3.85. The predicted molar refractivity (Wildman–Crippen MR) is 30.1 cm³/mol. The largest absolute Gasteiger partial charge is 0.268 e. The zero-order valence-corrected chi connectivity index (χ0v) is 3.96. The van der Waals surface area contributed by atoms with E-state index in [1.54, 1.807) is 6.20 Å². The minimum atomic E-state index is 0.934. The number of hydrogen-bond acceptors (Lipinski definition) is 1. The Labute approximate surface area is 43.1 Å². The maximum Gasteiger partial charge on any atom is 0.0342 e. The molecule has 1 aliphatic heterocycles. The fraction of sp³-hybridized carbons (Fsp3) is 0.167. The first-order valence-corrected chi connectivity index (χ1v) is 2.24. The van der Waals surface area contributed by atoms with Gasteiger partial charge in [0.15, 0.2) is 0 Å². The van der Waals surface area contributed by atoms with Gasteiger partial charge in [0.25, 0.3) is 0 Å². The van der Waals surface area contributed by atoms with Crippen molar-refractivity contribution in [2.24, 2.45) is 4.99 Å². The van der Waals surface area contributed by atoms with Crippen LogP contribution in [-0.4, -0.2) is 6.21 Å². The van der Waals surface area contributed by atoms with Gasteiger partial charge in [-0.2, -0.15) is 0 Å². The molecule has 1 heteroatoms. The van der Waals surface area contributed by atoms with E-state index < -0.39 is 0 Å². The molecular weight excluding hydrogens is 86.1 g/mol. The highest BCUT2D eigenvalue weighted by atomic mass is 14.7. The Morgan fingerprint density at radius 2 is 2.57 bits per heavy atom. The highest BCUT2D eigenvalue weighted by molar-refractivity contribution is 5.60. The average molecular weight is 92.1 g/mol. The average Bonchev–Trinajstić information content (AvgIpc) is 1.90. The lowest BCUT2D eigenvalue weighted by Gasteiger charge is -1.68. The second kappa shape index (κ2) is 2.35. The van der Waals surface area contributed by atoms with Gasteiger partial charge in [-0.1, -0.05) is 12.2 Å². The van der Waals surface area contributed by atoms with E-state index in [1.165, 1.54) is 0 Å². The maximum absolute atomic E-state index is 3.85. The summed E-state index contributed by atoms with van der Waals surface area (Å²) < 4.78 is 0. The number of nitrogens with zero attached hydrogens (tertiary/aromatic N) is 1. The summed E-state index contributed by atoms with van der Waals surface area (Å²) in [6.07, 6.45) is 11.2. The van der Waals surface area contributed by atoms with Crippen molar-refractivity contribution in [1.29, 1.82) is 0 Å². The van der Waals surface area contributed by atoms with Crippen LogP contribution in [0.3, 0.4) is 0 Å². The smallest absolute Gasteiger partial charge is 0.0342 e. The lowest BCUT2D eigenvalue weighted by molar-refractivity contribution is 1.50. The molecule has 0 aromatic rings. The van der Waals surface area contributed by atoms with Gasteiger partial charge in [0.1, 0.15) is 0 Å². The zero-order valence-electron chi connectivity index (χ0n) is 3.96. The highest BCUT2D eigenvalue weighted by Gasteiger charge is 1.72. The summed E-state index contributed by atoms with van der Waals surface area (Å²) in [5, 5.41) is 0. The molecule has 1 radical (unpaired) electrons. The minimum Gasteiger partial charge on any atom is -0.268 e. The molecule has 0 unspecified atom stereocenters. The van der Waals surface area contributed by atoms with Gasteiger partial charge in [0, 0.05) is 24.9 Å². The third-order valence-electron chi connectivity index (χ3n) is 0.710.